The molecule has 1 amide bonds. The number of thiazole rings is 1. The highest BCUT2D eigenvalue weighted by Crippen LogP contribution is 2.21. The molecule has 100 valence electrons. The molecule has 0 atom stereocenters. The number of anilines is 2. The van der Waals surface area contributed by atoms with Crippen molar-refractivity contribution in [1.82, 2.24) is 9.97 Å². The molecule has 1 aromatic carbocycles. The van der Waals surface area contributed by atoms with E-state index < -0.39 is 0 Å². The molecule has 0 saturated carbocycles. The number of amides is 1. The molecule has 0 aliphatic carbocycles. The summed E-state index contributed by atoms with van der Waals surface area (Å²) in [6.07, 6.45) is 1.71. The van der Waals surface area contributed by atoms with Crippen LogP contribution in [-0.2, 0) is 0 Å². The van der Waals surface area contributed by atoms with Crippen molar-refractivity contribution in [2.24, 2.45) is 0 Å². The lowest BCUT2D eigenvalue weighted by molar-refractivity contribution is 0.102. The van der Waals surface area contributed by atoms with E-state index in [2.05, 4.69) is 15.3 Å². The van der Waals surface area contributed by atoms with Crippen molar-refractivity contribution in [3.63, 3.8) is 0 Å². The molecule has 20 heavy (non-hydrogen) atoms. The lowest BCUT2D eigenvalue weighted by Crippen LogP contribution is -2.14. The number of benzene rings is 1. The van der Waals surface area contributed by atoms with Gasteiger partial charge in [-0.05, 0) is 19.1 Å². The Hall–Kier alpha value is -2.47. The molecule has 0 saturated heterocycles. The number of hydrogen-bond acceptors (Lipinski definition) is 5. The zero-order valence-electron chi connectivity index (χ0n) is 10.8. The lowest BCUT2D eigenvalue weighted by atomic mass is 10.1. The van der Waals surface area contributed by atoms with Crippen LogP contribution >= 0.6 is 11.3 Å². The molecular weight excluding hydrogens is 272 g/mol. The summed E-state index contributed by atoms with van der Waals surface area (Å²) in [5.74, 6) is -0.309. The van der Waals surface area contributed by atoms with E-state index in [0.29, 0.717) is 16.3 Å². The zero-order valence-corrected chi connectivity index (χ0v) is 11.6. The highest BCUT2D eigenvalue weighted by Gasteiger charge is 2.12. The van der Waals surface area contributed by atoms with Crippen molar-refractivity contribution in [2.75, 3.05) is 11.1 Å². The SMILES string of the molecule is Cc1cnc(NC(=O)c2cc(N)c3ccccc3n2)s1. The van der Waals surface area contributed by atoms with Gasteiger partial charge in [0.25, 0.3) is 5.91 Å². The van der Waals surface area contributed by atoms with Crippen molar-refractivity contribution in [3.8, 4) is 0 Å². The molecule has 6 heteroatoms. The summed E-state index contributed by atoms with van der Waals surface area (Å²) in [4.78, 5) is 21.6. The number of carbonyl (C=O) groups excluding carboxylic acids is 1. The number of nitrogens with zero attached hydrogens (tertiary/aromatic N) is 2. The summed E-state index contributed by atoms with van der Waals surface area (Å²) < 4.78 is 0. The molecule has 0 radical (unpaired) electrons. The van der Waals surface area contributed by atoms with Gasteiger partial charge in [-0.25, -0.2) is 9.97 Å². The predicted molar refractivity (Wildman–Crippen MR) is 81.0 cm³/mol. The van der Waals surface area contributed by atoms with Gasteiger partial charge < -0.3 is 5.73 Å². The monoisotopic (exact) mass is 284 g/mol. The number of pyridine rings is 1. The quantitative estimate of drug-likeness (QED) is 0.758. The van der Waals surface area contributed by atoms with E-state index >= 15 is 0 Å². The molecule has 0 aliphatic rings. The van der Waals surface area contributed by atoms with Crippen LogP contribution in [0.4, 0.5) is 10.8 Å². The van der Waals surface area contributed by atoms with Crippen molar-refractivity contribution < 1.29 is 4.79 Å². The van der Waals surface area contributed by atoms with Gasteiger partial charge in [-0.2, -0.15) is 0 Å². The molecule has 0 aliphatic heterocycles. The van der Waals surface area contributed by atoms with Crippen LogP contribution in [0.2, 0.25) is 0 Å². The minimum Gasteiger partial charge on any atom is -0.398 e. The number of nitrogen functional groups attached to an aromatic ring is 1. The van der Waals surface area contributed by atoms with Gasteiger partial charge >= 0.3 is 0 Å². The molecule has 0 bridgehead atoms. The van der Waals surface area contributed by atoms with Crippen LogP contribution in [0.15, 0.2) is 36.5 Å². The third-order valence-electron chi connectivity index (χ3n) is 2.82. The summed E-state index contributed by atoms with van der Waals surface area (Å²) >= 11 is 1.42. The number of fused-ring (bicyclic) bond motifs is 1. The van der Waals surface area contributed by atoms with Crippen LogP contribution in [0.25, 0.3) is 10.9 Å². The van der Waals surface area contributed by atoms with Crippen molar-refractivity contribution in [1.29, 1.82) is 0 Å². The van der Waals surface area contributed by atoms with Gasteiger partial charge in [0.15, 0.2) is 5.13 Å². The molecular formula is C14H12N4OS. The minimum atomic E-state index is -0.309. The Labute approximate surface area is 119 Å². The average Bonchev–Trinajstić information content (AvgIpc) is 2.84. The predicted octanol–water partition coefficient (Wildman–Crippen LogP) is 2.83. The molecule has 0 spiro atoms. The second-order valence-corrected chi connectivity index (χ2v) is 5.58. The standard InChI is InChI=1S/C14H12N4OS/c1-8-7-16-14(20-8)18-13(19)12-6-10(15)9-4-2-3-5-11(9)17-12/h2-7H,1H3,(H2,15,17)(H,16,18,19). The maximum atomic E-state index is 12.2. The van der Waals surface area contributed by atoms with Crippen LogP contribution in [0.1, 0.15) is 15.4 Å². The van der Waals surface area contributed by atoms with Gasteiger partial charge in [0.2, 0.25) is 0 Å². The Morgan fingerprint density at radius 3 is 2.90 bits per heavy atom. The smallest absolute Gasteiger partial charge is 0.276 e. The fourth-order valence-corrected chi connectivity index (χ4v) is 2.55. The molecule has 2 heterocycles. The number of carbonyl (C=O) groups is 1. The normalized spacial score (nSPS) is 10.7. The largest absolute Gasteiger partial charge is 0.398 e. The lowest BCUT2D eigenvalue weighted by Gasteiger charge is -2.05. The van der Waals surface area contributed by atoms with Crippen LogP contribution in [0.3, 0.4) is 0 Å². The van der Waals surface area contributed by atoms with E-state index in [4.69, 9.17) is 5.73 Å². The van der Waals surface area contributed by atoms with Crippen molar-refractivity contribution in [2.45, 2.75) is 6.92 Å². The fourth-order valence-electron chi connectivity index (χ4n) is 1.89. The van der Waals surface area contributed by atoms with E-state index in [1.807, 2.05) is 31.2 Å². The maximum absolute atomic E-state index is 12.2. The molecule has 2 aromatic heterocycles. The Morgan fingerprint density at radius 2 is 2.15 bits per heavy atom. The number of hydrogen-bond donors (Lipinski definition) is 2. The van der Waals surface area contributed by atoms with Gasteiger partial charge in [0.05, 0.1) is 5.52 Å². The average molecular weight is 284 g/mol. The summed E-state index contributed by atoms with van der Waals surface area (Å²) in [5.41, 5.74) is 7.49. The summed E-state index contributed by atoms with van der Waals surface area (Å²) in [6, 6.07) is 9.04. The number of para-hydroxylation sites is 1. The first-order valence-corrected chi connectivity index (χ1v) is 6.84. The third kappa shape index (κ3) is 2.33. The van der Waals surface area contributed by atoms with Crippen molar-refractivity contribution in [3.05, 3.63) is 47.1 Å². The summed E-state index contributed by atoms with van der Waals surface area (Å²) in [6.45, 7) is 1.93. The molecule has 3 rings (SSSR count). The van der Waals surface area contributed by atoms with Crippen LogP contribution in [0, 0.1) is 6.92 Å². The van der Waals surface area contributed by atoms with E-state index in [-0.39, 0.29) is 11.6 Å². The van der Waals surface area contributed by atoms with E-state index in [1.165, 1.54) is 11.3 Å². The number of aromatic nitrogens is 2. The highest BCUT2D eigenvalue weighted by atomic mass is 32.1. The second kappa shape index (κ2) is 4.90. The minimum absolute atomic E-state index is 0.286. The number of nitrogens with one attached hydrogen (secondary N) is 1. The number of nitrogens with two attached hydrogens (primary N) is 1. The molecule has 0 unspecified atom stereocenters. The maximum Gasteiger partial charge on any atom is 0.276 e. The van der Waals surface area contributed by atoms with Gasteiger partial charge in [-0.3, -0.25) is 10.1 Å². The van der Waals surface area contributed by atoms with Crippen LogP contribution in [0.5, 0.6) is 0 Å². The van der Waals surface area contributed by atoms with E-state index in [9.17, 15) is 4.79 Å². The van der Waals surface area contributed by atoms with Crippen LogP contribution in [-0.4, -0.2) is 15.9 Å². The van der Waals surface area contributed by atoms with Crippen LogP contribution < -0.4 is 11.1 Å². The number of aryl methyl sites for hydroxylation is 1. The van der Waals surface area contributed by atoms with E-state index in [0.717, 1.165) is 10.3 Å². The Kier molecular flexibility index (Phi) is 3.08. The fraction of sp³-hybridized carbons (Fsp3) is 0.0714. The van der Waals surface area contributed by atoms with Crippen molar-refractivity contribution >= 4 is 39.0 Å². The Bertz CT molecular complexity index is 797. The first-order chi connectivity index (χ1) is 9.63. The second-order valence-electron chi connectivity index (χ2n) is 4.34. The Morgan fingerprint density at radius 1 is 1.35 bits per heavy atom. The molecule has 5 nitrogen and oxygen atoms in total. The number of rotatable bonds is 2. The highest BCUT2D eigenvalue weighted by molar-refractivity contribution is 7.15. The molecule has 3 aromatic rings. The van der Waals surface area contributed by atoms with Gasteiger partial charge in [0, 0.05) is 22.1 Å². The molecule has 0 fully saturated rings. The van der Waals surface area contributed by atoms with Gasteiger partial charge in [-0.15, -0.1) is 11.3 Å². The topological polar surface area (TPSA) is 80.9 Å². The Balaban J connectivity index is 1.95. The van der Waals surface area contributed by atoms with E-state index in [1.54, 1.807) is 12.3 Å². The van der Waals surface area contributed by atoms with Gasteiger partial charge in [0.1, 0.15) is 5.69 Å². The first-order valence-electron chi connectivity index (χ1n) is 6.02. The summed E-state index contributed by atoms with van der Waals surface area (Å²) in [7, 11) is 0. The first kappa shape index (κ1) is 12.6. The zero-order chi connectivity index (χ0) is 14.1. The summed E-state index contributed by atoms with van der Waals surface area (Å²) in [5, 5.41) is 4.12. The molecule has 3 N–H and O–H groups in total. The van der Waals surface area contributed by atoms with Gasteiger partial charge in [-0.1, -0.05) is 18.2 Å². The third-order valence-corrected chi connectivity index (χ3v) is 3.65.